The van der Waals surface area contributed by atoms with Crippen LogP contribution in [0.4, 0.5) is 0 Å². The predicted octanol–water partition coefficient (Wildman–Crippen LogP) is 2.04. The summed E-state index contributed by atoms with van der Waals surface area (Å²) in [4.78, 5) is 21.7. The van der Waals surface area contributed by atoms with E-state index in [4.69, 9.17) is 5.11 Å². The second-order valence-corrected chi connectivity index (χ2v) is 4.09. The first-order valence-electron chi connectivity index (χ1n) is 5.57. The number of rotatable bonds is 5. The van der Waals surface area contributed by atoms with Gasteiger partial charge in [0, 0.05) is 6.42 Å². The summed E-state index contributed by atoms with van der Waals surface area (Å²) in [6.45, 7) is 3.88. The van der Waals surface area contributed by atoms with Gasteiger partial charge in [-0.25, -0.2) is 0 Å². The lowest BCUT2D eigenvalue weighted by molar-refractivity contribution is -0.138. The van der Waals surface area contributed by atoms with Crippen LogP contribution in [0.2, 0.25) is 0 Å². The van der Waals surface area contributed by atoms with E-state index >= 15 is 0 Å². The molecule has 1 aromatic rings. The normalized spacial score (nSPS) is 11.9. The molecule has 0 saturated carbocycles. The zero-order valence-electron chi connectivity index (χ0n) is 10.1. The summed E-state index contributed by atoms with van der Waals surface area (Å²) in [5, 5.41) is 11.2. The minimum Gasteiger partial charge on any atom is -0.481 e. The van der Waals surface area contributed by atoms with Gasteiger partial charge < -0.3 is 10.4 Å². The van der Waals surface area contributed by atoms with Crippen LogP contribution < -0.4 is 5.32 Å². The van der Waals surface area contributed by atoms with Gasteiger partial charge in [0.1, 0.15) is 0 Å². The minimum absolute atomic E-state index is 0.0194. The van der Waals surface area contributed by atoms with Crippen molar-refractivity contribution in [3.63, 3.8) is 0 Å². The lowest BCUT2D eigenvalue weighted by Gasteiger charge is -2.14. The fraction of sp³-hybridized carbons (Fsp3) is 0.385. The molecule has 0 heterocycles. The number of carboxylic acid groups (broad SMARTS) is 1. The molecule has 1 rings (SSSR count). The maximum atomic E-state index is 11.4. The minimum atomic E-state index is -0.955. The topological polar surface area (TPSA) is 66.4 Å². The Labute approximate surface area is 101 Å². The van der Waals surface area contributed by atoms with Crippen molar-refractivity contribution in [2.75, 3.05) is 0 Å². The second kappa shape index (κ2) is 6.03. The van der Waals surface area contributed by atoms with Crippen molar-refractivity contribution < 1.29 is 14.7 Å². The Morgan fingerprint density at radius 2 is 1.82 bits per heavy atom. The fourth-order valence-corrected chi connectivity index (χ4v) is 1.47. The number of carbonyl (C=O) groups excluding carboxylic acids is 1. The number of benzene rings is 1. The summed E-state index contributed by atoms with van der Waals surface area (Å²) in [6, 6.07) is 7.77. The summed E-state index contributed by atoms with van der Waals surface area (Å²) in [6.07, 6.45) is -0.113. The summed E-state index contributed by atoms with van der Waals surface area (Å²) in [5.41, 5.74) is 2.18. The molecule has 1 amide bonds. The van der Waals surface area contributed by atoms with Crippen LogP contribution in [-0.4, -0.2) is 17.0 Å². The van der Waals surface area contributed by atoms with E-state index < -0.39 is 5.97 Å². The van der Waals surface area contributed by atoms with Crippen molar-refractivity contribution in [2.24, 2.45) is 0 Å². The van der Waals surface area contributed by atoms with E-state index in [1.807, 2.05) is 38.1 Å². The van der Waals surface area contributed by atoms with E-state index in [1.165, 1.54) is 0 Å². The van der Waals surface area contributed by atoms with Gasteiger partial charge in [-0.1, -0.05) is 29.8 Å². The smallest absolute Gasteiger partial charge is 0.303 e. The quantitative estimate of drug-likeness (QED) is 0.820. The van der Waals surface area contributed by atoms with Crippen molar-refractivity contribution in [3.05, 3.63) is 35.4 Å². The molecule has 0 bridgehead atoms. The van der Waals surface area contributed by atoms with E-state index in [0.29, 0.717) is 0 Å². The summed E-state index contributed by atoms with van der Waals surface area (Å²) < 4.78 is 0. The maximum Gasteiger partial charge on any atom is 0.303 e. The van der Waals surface area contributed by atoms with Crippen LogP contribution >= 0.6 is 0 Å². The molecule has 92 valence electrons. The number of hydrogen-bond acceptors (Lipinski definition) is 2. The molecule has 0 saturated heterocycles. The molecule has 0 aromatic heterocycles. The maximum absolute atomic E-state index is 11.4. The molecule has 0 fully saturated rings. The third kappa shape index (κ3) is 4.68. The van der Waals surface area contributed by atoms with Crippen molar-refractivity contribution in [2.45, 2.75) is 32.7 Å². The van der Waals surface area contributed by atoms with Crippen LogP contribution in [0.3, 0.4) is 0 Å². The van der Waals surface area contributed by atoms with E-state index in [1.54, 1.807) is 0 Å². The van der Waals surface area contributed by atoms with E-state index in [-0.39, 0.29) is 24.8 Å². The molecule has 0 spiro atoms. The first-order chi connectivity index (χ1) is 7.99. The van der Waals surface area contributed by atoms with Gasteiger partial charge in [-0.3, -0.25) is 9.59 Å². The van der Waals surface area contributed by atoms with Crippen molar-refractivity contribution in [1.82, 2.24) is 5.32 Å². The number of hydrogen-bond donors (Lipinski definition) is 2. The molecule has 2 N–H and O–H groups in total. The standard InChI is InChI=1S/C13H17NO3/c1-9-3-5-11(6-4-9)10(2)14-12(15)7-8-13(16)17/h3-6,10H,7-8H2,1-2H3,(H,14,15)(H,16,17)/t10-/m1/s1. The van der Waals surface area contributed by atoms with Crippen LogP contribution in [-0.2, 0) is 9.59 Å². The highest BCUT2D eigenvalue weighted by Gasteiger charge is 2.10. The third-order valence-electron chi connectivity index (χ3n) is 2.52. The van der Waals surface area contributed by atoms with Gasteiger partial charge in [-0.15, -0.1) is 0 Å². The first kappa shape index (κ1) is 13.2. The monoisotopic (exact) mass is 235 g/mol. The van der Waals surface area contributed by atoms with Crippen LogP contribution in [0.15, 0.2) is 24.3 Å². The average Bonchev–Trinajstić information content (AvgIpc) is 2.27. The average molecular weight is 235 g/mol. The van der Waals surface area contributed by atoms with E-state index in [0.717, 1.165) is 11.1 Å². The molecule has 1 atom stereocenters. The highest BCUT2D eigenvalue weighted by Crippen LogP contribution is 2.13. The highest BCUT2D eigenvalue weighted by atomic mass is 16.4. The molecule has 0 aliphatic carbocycles. The molecule has 0 unspecified atom stereocenters. The van der Waals surface area contributed by atoms with Crippen molar-refractivity contribution >= 4 is 11.9 Å². The summed E-state index contributed by atoms with van der Waals surface area (Å²) in [7, 11) is 0. The van der Waals surface area contributed by atoms with Crippen LogP contribution in [0.25, 0.3) is 0 Å². The zero-order chi connectivity index (χ0) is 12.8. The molecule has 4 heteroatoms. The largest absolute Gasteiger partial charge is 0.481 e. The lowest BCUT2D eigenvalue weighted by atomic mass is 10.1. The molecule has 0 aliphatic rings. The molecule has 0 aliphatic heterocycles. The fourth-order valence-electron chi connectivity index (χ4n) is 1.47. The molecule has 0 radical (unpaired) electrons. The van der Waals surface area contributed by atoms with Gasteiger partial charge in [0.15, 0.2) is 0 Å². The Bertz CT molecular complexity index is 398. The predicted molar refractivity (Wildman–Crippen MR) is 64.6 cm³/mol. The molecule has 17 heavy (non-hydrogen) atoms. The number of nitrogens with one attached hydrogen (secondary N) is 1. The summed E-state index contributed by atoms with van der Waals surface area (Å²) >= 11 is 0. The van der Waals surface area contributed by atoms with Gasteiger partial charge in [-0.05, 0) is 19.4 Å². The number of aryl methyl sites for hydroxylation is 1. The second-order valence-electron chi connectivity index (χ2n) is 4.09. The number of amides is 1. The number of carbonyl (C=O) groups is 2. The van der Waals surface area contributed by atoms with Gasteiger partial charge in [0.25, 0.3) is 0 Å². The Kier molecular flexibility index (Phi) is 4.69. The van der Waals surface area contributed by atoms with E-state index in [9.17, 15) is 9.59 Å². The van der Waals surface area contributed by atoms with Gasteiger partial charge >= 0.3 is 5.97 Å². The van der Waals surface area contributed by atoms with Crippen LogP contribution in [0.5, 0.6) is 0 Å². The zero-order valence-corrected chi connectivity index (χ0v) is 10.1. The van der Waals surface area contributed by atoms with Gasteiger partial charge in [0.2, 0.25) is 5.91 Å². The van der Waals surface area contributed by atoms with Gasteiger partial charge in [0.05, 0.1) is 12.5 Å². The molecular formula is C13H17NO3. The Balaban J connectivity index is 2.48. The SMILES string of the molecule is Cc1ccc([C@@H](C)NC(=O)CCC(=O)O)cc1. The molecule has 4 nitrogen and oxygen atoms in total. The lowest BCUT2D eigenvalue weighted by Crippen LogP contribution is -2.26. The molecular weight excluding hydrogens is 218 g/mol. The first-order valence-corrected chi connectivity index (χ1v) is 5.57. The Morgan fingerprint density at radius 3 is 2.35 bits per heavy atom. The Hall–Kier alpha value is -1.84. The van der Waals surface area contributed by atoms with Crippen molar-refractivity contribution in [1.29, 1.82) is 0 Å². The van der Waals surface area contributed by atoms with Crippen LogP contribution in [0.1, 0.15) is 36.9 Å². The summed E-state index contributed by atoms with van der Waals surface area (Å²) in [5.74, 6) is -1.19. The third-order valence-corrected chi connectivity index (χ3v) is 2.52. The Morgan fingerprint density at radius 1 is 1.24 bits per heavy atom. The van der Waals surface area contributed by atoms with E-state index in [2.05, 4.69) is 5.32 Å². The van der Waals surface area contributed by atoms with Crippen molar-refractivity contribution in [3.8, 4) is 0 Å². The molecule has 1 aromatic carbocycles. The highest BCUT2D eigenvalue weighted by molar-refractivity contribution is 5.80. The number of aliphatic carboxylic acids is 1. The van der Waals surface area contributed by atoms with Gasteiger partial charge in [-0.2, -0.15) is 0 Å². The van der Waals surface area contributed by atoms with Crippen LogP contribution in [0, 0.1) is 6.92 Å². The number of carboxylic acids is 1.